The zero-order chi connectivity index (χ0) is 18.1. The van der Waals surface area contributed by atoms with E-state index in [0.29, 0.717) is 16.7 Å². The third-order valence-electron chi connectivity index (χ3n) is 3.51. The predicted molar refractivity (Wildman–Crippen MR) is 93.5 cm³/mol. The lowest BCUT2D eigenvalue weighted by Crippen LogP contribution is -2.20. The summed E-state index contributed by atoms with van der Waals surface area (Å²) in [5.74, 6) is -0.256. The number of rotatable bonds is 3. The van der Waals surface area contributed by atoms with E-state index < -0.39 is 21.9 Å². The molecule has 126 valence electrons. The Bertz CT molecular complexity index is 1090. The Morgan fingerprint density at radius 1 is 1.36 bits per heavy atom. The molecule has 0 atom stereocenters. The standard InChI is InChI=1S/C16H11ClN4O4/c1-9-19-13-5-3-2-4-12(13)16(23)20(9)18-8-10-6-11(17)7-14(15(10)22)21(24)25/h2-8,22H,1H3/b18-8-. The van der Waals surface area contributed by atoms with Crippen LogP contribution in [0.1, 0.15) is 11.4 Å². The van der Waals surface area contributed by atoms with Crippen LogP contribution in [-0.4, -0.2) is 25.9 Å². The molecule has 9 heteroatoms. The summed E-state index contributed by atoms with van der Waals surface area (Å²) in [7, 11) is 0. The van der Waals surface area contributed by atoms with Gasteiger partial charge in [-0.3, -0.25) is 14.9 Å². The highest BCUT2D eigenvalue weighted by Crippen LogP contribution is 2.32. The summed E-state index contributed by atoms with van der Waals surface area (Å²) in [6, 6.07) is 9.15. The van der Waals surface area contributed by atoms with Crippen molar-refractivity contribution in [1.29, 1.82) is 0 Å². The summed E-state index contributed by atoms with van der Waals surface area (Å²) in [6.07, 6.45) is 1.12. The van der Waals surface area contributed by atoms with E-state index in [-0.39, 0.29) is 10.6 Å². The molecule has 1 aromatic heterocycles. The molecule has 2 aromatic carbocycles. The van der Waals surface area contributed by atoms with Crippen LogP contribution in [0.3, 0.4) is 0 Å². The van der Waals surface area contributed by atoms with Crippen LogP contribution in [-0.2, 0) is 0 Å². The van der Waals surface area contributed by atoms with E-state index in [4.69, 9.17) is 11.6 Å². The van der Waals surface area contributed by atoms with Crippen LogP contribution < -0.4 is 5.56 Å². The molecule has 3 rings (SSSR count). The highest BCUT2D eigenvalue weighted by atomic mass is 35.5. The van der Waals surface area contributed by atoms with Gasteiger partial charge in [-0.15, -0.1) is 0 Å². The monoisotopic (exact) mass is 358 g/mol. The van der Waals surface area contributed by atoms with Gasteiger partial charge in [0.1, 0.15) is 5.82 Å². The number of halogens is 1. The van der Waals surface area contributed by atoms with Crippen molar-refractivity contribution in [3.63, 3.8) is 0 Å². The number of para-hydroxylation sites is 1. The molecular formula is C16H11ClN4O4. The fraction of sp³-hybridized carbons (Fsp3) is 0.0625. The largest absolute Gasteiger partial charge is 0.502 e. The van der Waals surface area contributed by atoms with Crippen LogP contribution in [0.2, 0.25) is 5.02 Å². The van der Waals surface area contributed by atoms with E-state index in [1.165, 1.54) is 6.07 Å². The lowest BCUT2D eigenvalue weighted by atomic mass is 10.2. The van der Waals surface area contributed by atoms with Crippen molar-refractivity contribution in [1.82, 2.24) is 9.66 Å². The number of aryl methyl sites for hydroxylation is 1. The molecule has 1 heterocycles. The second kappa shape index (κ2) is 6.33. The highest BCUT2D eigenvalue weighted by Gasteiger charge is 2.18. The second-order valence-corrected chi connectivity index (χ2v) is 5.59. The number of aromatic nitrogens is 2. The van der Waals surface area contributed by atoms with Crippen molar-refractivity contribution in [3.8, 4) is 5.75 Å². The number of hydrogen-bond acceptors (Lipinski definition) is 6. The fourth-order valence-electron chi connectivity index (χ4n) is 2.33. The van der Waals surface area contributed by atoms with Crippen molar-refractivity contribution in [2.75, 3.05) is 0 Å². The Labute approximate surface area is 145 Å². The average molecular weight is 359 g/mol. The van der Waals surface area contributed by atoms with Crippen LogP contribution in [0.4, 0.5) is 5.69 Å². The highest BCUT2D eigenvalue weighted by molar-refractivity contribution is 6.31. The Balaban J connectivity index is 2.14. The van der Waals surface area contributed by atoms with E-state index in [9.17, 15) is 20.0 Å². The topological polar surface area (TPSA) is 111 Å². The summed E-state index contributed by atoms with van der Waals surface area (Å²) >= 11 is 5.83. The molecule has 0 fully saturated rings. The number of nitro groups is 1. The van der Waals surface area contributed by atoms with Crippen molar-refractivity contribution in [2.45, 2.75) is 6.92 Å². The Kier molecular flexibility index (Phi) is 4.20. The first-order valence-electron chi connectivity index (χ1n) is 7.08. The first kappa shape index (κ1) is 16.6. The van der Waals surface area contributed by atoms with Crippen LogP contribution in [0.5, 0.6) is 5.75 Å². The van der Waals surface area contributed by atoms with Crippen molar-refractivity contribution < 1.29 is 10.0 Å². The molecule has 0 aliphatic rings. The van der Waals surface area contributed by atoms with Crippen LogP contribution in [0.25, 0.3) is 10.9 Å². The summed E-state index contributed by atoms with van der Waals surface area (Å²) in [4.78, 5) is 27.0. The zero-order valence-corrected chi connectivity index (χ0v) is 13.6. The van der Waals surface area contributed by atoms with E-state index in [1.807, 2.05) is 0 Å². The molecule has 0 bridgehead atoms. The van der Waals surface area contributed by atoms with Gasteiger partial charge < -0.3 is 5.11 Å². The van der Waals surface area contributed by atoms with Gasteiger partial charge in [0.05, 0.1) is 22.0 Å². The molecule has 0 saturated heterocycles. The van der Waals surface area contributed by atoms with Crippen LogP contribution >= 0.6 is 11.6 Å². The van der Waals surface area contributed by atoms with Crippen molar-refractivity contribution in [2.24, 2.45) is 5.10 Å². The average Bonchev–Trinajstić information content (AvgIpc) is 2.57. The minimum atomic E-state index is -0.756. The number of fused-ring (bicyclic) bond motifs is 1. The van der Waals surface area contributed by atoms with Gasteiger partial charge in [-0.25, -0.2) is 4.98 Å². The van der Waals surface area contributed by atoms with Crippen molar-refractivity contribution in [3.05, 3.63) is 73.3 Å². The van der Waals surface area contributed by atoms with Gasteiger partial charge in [0, 0.05) is 16.7 Å². The third kappa shape index (κ3) is 3.07. The lowest BCUT2D eigenvalue weighted by molar-refractivity contribution is -0.385. The molecule has 0 saturated carbocycles. The van der Waals surface area contributed by atoms with Gasteiger partial charge in [0.25, 0.3) is 5.56 Å². The minimum Gasteiger partial charge on any atom is -0.502 e. The Morgan fingerprint density at radius 3 is 2.80 bits per heavy atom. The minimum absolute atomic E-state index is 0.0126. The quantitative estimate of drug-likeness (QED) is 0.439. The van der Waals surface area contributed by atoms with Crippen LogP contribution in [0.15, 0.2) is 46.3 Å². The number of benzene rings is 2. The van der Waals surface area contributed by atoms with Gasteiger partial charge in [-0.05, 0) is 25.1 Å². The van der Waals surface area contributed by atoms with E-state index >= 15 is 0 Å². The molecule has 0 aliphatic carbocycles. The molecule has 8 nitrogen and oxygen atoms in total. The number of nitrogens with zero attached hydrogens (tertiary/aromatic N) is 4. The maximum Gasteiger partial charge on any atom is 0.312 e. The molecule has 0 amide bonds. The smallest absolute Gasteiger partial charge is 0.312 e. The van der Waals surface area contributed by atoms with Gasteiger partial charge in [0.2, 0.25) is 5.75 Å². The summed E-state index contributed by atoms with van der Waals surface area (Å²) < 4.78 is 1.05. The first-order chi connectivity index (χ1) is 11.9. The van der Waals surface area contributed by atoms with E-state index in [1.54, 1.807) is 31.2 Å². The summed E-state index contributed by atoms with van der Waals surface area (Å²) in [6.45, 7) is 1.60. The number of aromatic hydroxyl groups is 1. The second-order valence-electron chi connectivity index (χ2n) is 5.16. The maximum absolute atomic E-state index is 12.5. The first-order valence-corrected chi connectivity index (χ1v) is 7.46. The predicted octanol–water partition coefficient (Wildman–Crippen LogP) is 2.85. The molecule has 3 aromatic rings. The number of phenols is 1. The fourth-order valence-corrected chi connectivity index (χ4v) is 2.55. The zero-order valence-electron chi connectivity index (χ0n) is 12.9. The molecular weight excluding hydrogens is 348 g/mol. The van der Waals surface area contributed by atoms with Gasteiger partial charge in [-0.1, -0.05) is 23.7 Å². The molecule has 0 aliphatic heterocycles. The SMILES string of the molecule is Cc1nc2ccccc2c(=O)n1/N=C\c1cc(Cl)cc([N+](=O)[O-])c1O. The summed E-state index contributed by atoms with van der Waals surface area (Å²) in [5, 5.41) is 25.4. The molecule has 25 heavy (non-hydrogen) atoms. The van der Waals surface area contributed by atoms with Crippen LogP contribution in [0, 0.1) is 17.0 Å². The van der Waals surface area contributed by atoms with Gasteiger partial charge >= 0.3 is 5.69 Å². The maximum atomic E-state index is 12.5. The third-order valence-corrected chi connectivity index (χ3v) is 3.73. The Hall–Kier alpha value is -3.26. The van der Waals surface area contributed by atoms with E-state index in [0.717, 1.165) is 17.0 Å². The number of phenolic OH excluding ortho intramolecular Hbond substituents is 1. The molecule has 1 N–H and O–H groups in total. The van der Waals surface area contributed by atoms with E-state index in [2.05, 4.69) is 10.1 Å². The number of nitro benzene ring substituents is 1. The lowest BCUT2D eigenvalue weighted by Gasteiger charge is -2.06. The van der Waals surface area contributed by atoms with Crippen molar-refractivity contribution >= 4 is 34.4 Å². The Morgan fingerprint density at radius 2 is 2.08 bits per heavy atom. The molecule has 0 spiro atoms. The molecule has 0 radical (unpaired) electrons. The molecule has 0 unspecified atom stereocenters. The normalized spacial score (nSPS) is 11.3. The van der Waals surface area contributed by atoms with Gasteiger partial charge in [-0.2, -0.15) is 9.78 Å². The van der Waals surface area contributed by atoms with Gasteiger partial charge in [0.15, 0.2) is 0 Å². The summed E-state index contributed by atoms with van der Waals surface area (Å²) in [5.41, 5.74) is -0.388. The number of hydrogen-bond donors (Lipinski definition) is 1.